The summed E-state index contributed by atoms with van der Waals surface area (Å²) in [4.78, 5) is 32.1. The van der Waals surface area contributed by atoms with Gasteiger partial charge in [0.15, 0.2) is 0 Å². The molecule has 17 heavy (non-hydrogen) atoms. The highest BCUT2D eigenvalue weighted by Crippen LogP contribution is 2.03. The summed E-state index contributed by atoms with van der Waals surface area (Å²) in [5.74, 6) is -0.516. The van der Waals surface area contributed by atoms with Crippen LogP contribution >= 0.6 is 0 Å². The third-order valence-corrected chi connectivity index (χ3v) is 1.83. The van der Waals surface area contributed by atoms with Gasteiger partial charge in [-0.15, -0.1) is 0 Å². The molecular weight excluding hydrogens is 228 g/mol. The lowest BCUT2D eigenvalue weighted by atomic mass is 10.4. The molecule has 0 aliphatic carbocycles. The van der Waals surface area contributed by atoms with Gasteiger partial charge in [0.05, 0.1) is 17.2 Å². The molecule has 0 radical (unpaired) electrons. The third kappa shape index (κ3) is 3.71. The number of carbonyl (C=O) groups is 1. The topological polar surface area (TPSA) is 91.4 Å². The van der Waals surface area contributed by atoms with E-state index in [2.05, 4.69) is 0 Å². The van der Waals surface area contributed by atoms with Gasteiger partial charge in [0.25, 0.3) is 5.43 Å². The minimum absolute atomic E-state index is 0.167. The maximum Gasteiger partial charge on any atom is 0.332 e. The van der Waals surface area contributed by atoms with Crippen LogP contribution in [0.25, 0.3) is 0 Å². The van der Waals surface area contributed by atoms with Crippen LogP contribution in [-0.2, 0) is 16.1 Å². The van der Waals surface area contributed by atoms with E-state index in [1.165, 1.54) is 10.8 Å². The van der Waals surface area contributed by atoms with E-state index in [9.17, 15) is 19.7 Å². The minimum atomic E-state index is -0.785. The second kappa shape index (κ2) is 5.24. The van der Waals surface area contributed by atoms with E-state index in [1.807, 2.05) is 0 Å². The van der Waals surface area contributed by atoms with E-state index < -0.39 is 22.0 Å². The Bertz CT molecular complexity index is 492. The van der Waals surface area contributed by atoms with Crippen LogP contribution in [0.15, 0.2) is 23.3 Å². The van der Waals surface area contributed by atoms with Gasteiger partial charge in [-0.2, -0.15) is 0 Å². The van der Waals surface area contributed by atoms with Gasteiger partial charge in [-0.1, -0.05) is 0 Å². The lowest BCUT2D eigenvalue weighted by Gasteiger charge is -2.09. The number of hydrogen-bond donors (Lipinski definition) is 0. The molecule has 0 atom stereocenters. The van der Waals surface area contributed by atoms with Gasteiger partial charge in [-0.25, -0.2) is 0 Å². The molecule has 7 heteroatoms. The average molecular weight is 240 g/mol. The Morgan fingerprint density at radius 3 is 2.76 bits per heavy atom. The second-order valence-corrected chi connectivity index (χ2v) is 3.66. The molecule has 7 nitrogen and oxygen atoms in total. The van der Waals surface area contributed by atoms with Crippen molar-refractivity contribution in [2.45, 2.75) is 26.5 Å². The van der Waals surface area contributed by atoms with Crippen LogP contribution in [0.2, 0.25) is 0 Å². The number of aromatic nitrogens is 1. The Morgan fingerprint density at radius 1 is 1.59 bits per heavy atom. The molecule has 1 rings (SSSR count). The standard InChI is InChI=1S/C10H12N2O5/c1-7(2)17-10(14)6-11-4-3-9(13)8(5-11)12(15)16/h3-5,7H,6H2,1-2H3. The molecule has 0 aromatic carbocycles. The molecule has 0 fully saturated rings. The summed E-state index contributed by atoms with van der Waals surface area (Å²) in [6.07, 6.45) is 2.07. The number of rotatable bonds is 4. The molecule has 0 aliphatic heterocycles. The highest BCUT2D eigenvalue weighted by atomic mass is 16.6. The van der Waals surface area contributed by atoms with E-state index >= 15 is 0 Å². The molecule has 0 N–H and O–H groups in total. The van der Waals surface area contributed by atoms with Crippen molar-refractivity contribution in [3.63, 3.8) is 0 Å². The number of ether oxygens (including phenoxy) is 1. The first-order valence-corrected chi connectivity index (χ1v) is 4.94. The first-order valence-electron chi connectivity index (χ1n) is 4.94. The molecule has 0 aliphatic rings. The Morgan fingerprint density at radius 2 is 2.24 bits per heavy atom. The van der Waals surface area contributed by atoms with Crippen LogP contribution in [0, 0.1) is 10.1 Å². The van der Waals surface area contributed by atoms with Crippen LogP contribution in [0.3, 0.4) is 0 Å². The van der Waals surface area contributed by atoms with Gasteiger partial charge in [-0.3, -0.25) is 19.7 Å². The zero-order chi connectivity index (χ0) is 13.0. The van der Waals surface area contributed by atoms with Crippen molar-refractivity contribution >= 4 is 11.7 Å². The summed E-state index contributed by atoms with van der Waals surface area (Å²) in [6.45, 7) is 3.23. The zero-order valence-corrected chi connectivity index (χ0v) is 9.45. The van der Waals surface area contributed by atoms with E-state index in [1.54, 1.807) is 13.8 Å². The third-order valence-electron chi connectivity index (χ3n) is 1.83. The molecule has 92 valence electrons. The van der Waals surface area contributed by atoms with Crippen molar-refractivity contribution in [1.82, 2.24) is 4.57 Å². The fourth-order valence-electron chi connectivity index (χ4n) is 1.20. The number of carbonyl (C=O) groups excluding carboxylic acids is 1. The van der Waals surface area contributed by atoms with Gasteiger partial charge in [-0.05, 0) is 13.8 Å². The molecule has 0 spiro atoms. The predicted molar refractivity (Wildman–Crippen MR) is 58.6 cm³/mol. The van der Waals surface area contributed by atoms with E-state index in [0.29, 0.717) is 0 Å². The van der Waals surface area contributed by atoms with Crippen LogP contribution in [-0.4, -0.2) is 21.6 Å². The highest BCUT2D eigenvalue weighted by molar-refractivity contribution is 5.69. The number of nitrogens with zero attached hydrogens (tertiary/aromatic N) is 2. The molecule has 0 bridgehead atoms. The molecule has 0 amide bonds. The first kappa shape index (κ1) is 12.9. The van der Waals surface area contributed by atoms with Gasteiger partial charge >= 0.3 is 11.7 Å². The molecule has 1 aromatic heterocycles. The van der Waals surface area contributed by atoms with Gasteiger partial charge in [0.2, 0.25) is 0 Å². The van der Waals surface area contributed by atoms with E-state index in [0.717, 1.165) is 12.3 Å². The van der Waals surface area contributed by atoms with Gasteiger partial charge in [0, 0.05) is 12.3 Å². The predicted octanol–water partition coefficient (Wildman–Crippen LogP) is 0.708. The summed E-state index contributed by atoms with van der Waals surface area (Å²) >= 11 is 0. The number of nitro groups is 1. The van der Waals surface area contributed by atoms with Crippen LogP contribution in [0.1, 0.15) is 13.8 Å². The highest BCUT2D eigenvalue weighted by Gasteiger charge is 2.13. The van der Waals surface area contributed by atoms with Gasteiger partial charge < -0.3 is 9.30 Å². The summed E-state index contributed by atoms with van der Waals surface area (Å²) in [5.41, 5.74) is -1.26. The molecule has 1 aromatic rings. The summed E-state index contributed by atoms with van der Waals surface area (Å²) in [7, 11) is 0. The second-order valence-electron chi connectivity index (χ2n) is 3.66. The zero-order valence-electron chi connectivity index (χ0n) is 9.45. The molecule has 0 unspecified atom stereocenters. The quantitative estimate of drug-likeness (QED) is 0.439. The molecule has 0 saturated heterocycles. The lowest BCUT2D eigenvalue weighted by Crippen LogP contribution is -2.19. The Labute approximate surface area is 96.8 Å². The summed E-state index contributed by atoms with van der Waals surface area (Å²) in [5, 5.41) is 10.5. The monoisotopic (exact) mass is 240 g/mol. The molecular formula is C10H12N2O5. The fraction of sp³-hybridized carbons (Fsp3) is 0.400. The van der Waals surface area contributed by atoms with E-state index in [-0.39, 0.29) is 12.6 Å². The summed E-state index contributed by atoms with van der Waals surface area (Å²) < 4.78 is 6.12. The Kier molecular flexibility index (Phi) is 3.97. The van der Waals surface area contributed by atoms with Crippen molar-refractivity contribution in [2.75, 3.05) is 0 Å². The summed E-state index contributed by atoms with van der Waals surface area (Å²) in [6, 6.07) is 1.04. The largest absolute Gasteiger partial charge is 0.462 e. The van der Waals surface area contributed by atoms with Crippen molar-refractivity contribution in [3.05, 3.63) is 38.8 Å². The average Bonchev–Trinajstić information content (AvgIpc) is 2.19. The van der Waals surface area contributed by atoms with Crippen molar-refractivity contribution in [3.8, 4) is 0 Å². The van der Waals surface area contributed by atoms with Crippen molar-refractivity contribution in [1.29, 1.82) is 0 Å². The maximum atomic E-state index is 11.3. The maximum absolute atomic E-state index is 11.3. The fourth-order valence-corrected chi connectivity index (χ4v) is 1.20. The number of pyridine rings is 1. The SMILES string of the molecule is CC(C)OC(=O)Cn1ccc(=O)c([N+](=O)[O-])c1. The molecule has 1 heterocycles. The normalized spacial score (nSPS) is 10.3. The van der Waals surface area contributed by atoms with Gasteiger partial charge in [0.1, 0.15) is 6.54 Å². The first-order chi connectivity index (χ1) is 7.90. The minimum Gasteiger partial charge on any atom is -0.462 e. The Hall–Kier alpha value is -2.18. The number of hydrogen-bond acceptors (Lipinski definition) is 5. The van der Waals surface area contributed by atoms with Crippen molar-refractivity contribution in [2.24, 2.45) is 0 Å². The van der Waals surface area contributed by atoms with Crippen molar-refractivity contribution < 1.29 is 14.5 Å². The number of esters is 1. The van der Waals surface area contributed by atoms with E-state index in [4.69, 9.17) is 4.74 Å². The Balaban J connectivity index is 2.86. The smallest absolute Gasteiger partial charge is 0.332 e. The lowest BCUT2D eigenvalue weighted by molar-refractivity contribution is -0.386. The van der Waals surface area contributed by atoms with Crippen LogP contribution in [0.4, 0.5) is 5.69 Å². The van der Waals surface area contributed by atoms with Crippen LogP contribution < -0.4 is 5.43 Å². The van der Waals surface area contributed by atoms with Crippen LogP contribution in [0.5, 0.6) is 0 Å². The molecule has 0 saturated carbocycles.